The Bertz CT molecular complexity index is 670. The Morgan fingerprint density at radius 1 is 1.19 bits per heavy atom. The Morgan fingerprint density at radius 2 is 2.05 bits per heavy atom. The molecule has 2 N–H and O–H groups in total. The maximum absolute atomic E-state index is 13.5. The molecule has 21 heavy (non-hydrogen) atoms. The van der Waals surface area contributed by atoms with Gasteiger partial charge < -0.3 is 10.6 Å². The van der Waals surface area contributed by atoms with Crippen molar-refractivity contribution < 1.29 is 9.18 Å². The zero-order valence-electron chi connectivity index (χ0n) is 11.7. The Kier molecular flexibility index (Phi) is 3.97. The number of benzene rings is 2. The quantitative estimate of drug-likeness (QED) is 0.908. The van der Waals surface area contributed by atoms with Gasteiger partial charge in [-0.05, 0) is 42.3 Å². The fourth-order valence-electron chi connectivity index (χ4n) is 2.54. The molecule has 108 valence electrons. The number of hydrogen-bond acceptors (Lipinski definition) is 2. The van der Waals surface area contributed by atoms with E-state index in [0.29, 0.717) is 11.1 Å². The smallest absolute Gasteiger partial charge is 0.251 e. The monoisotopic (exact) mass is 284 g/mol. The van der Waals surface area contributed by atoms with Gasteiger partial charge in [0.15, 0.2) is 0 Å². The highest BCUT2D eigenvalue weighted by Gasteiger charge is 2.12. The van der Waals surface area contributed by atoms with Gasteiger partial charge in [0, 0.05) is 24.2 Å². The van der Waals surface area contributed by atoms with Crippen molar-refractivity contribution in [2.45, 2.75) is 19.5 Å². The molecular weight excluding hydrogens is 267 g/mol. The van der Waals surface area contributed by atoms with Gasteiger partial charge in [-0.3, -0.25) is 4.79 Å². The van der Waals surface area contributed by atoms with E-state index >= 15 is 0 Å². The standard InChI is InChI=1S/C17H17FN2O/c18-16-4-2-1-3-15(16)11-20-17(21)13-5-6-14-10-19-8-7-12(14)9-13/h1-6,9,19H,7-8,10-11H2,(H,20,21). The molecule has 0 bridgehead atoms. The lowest BCUT2D eigenvalue weighted by Crippen LogP contribution is -2.26. The summed E-state index contributed by atoms with van der Waals surface area (Å²) in [4.78, 5) is 12.2. The first-order valence-electron chi connectivity index (χ1n) is 7.08. The largest absolute Gasteiger partial charge is 0.348 e. The van der Waals surface area contributed by atoms with E-state index in [4.69, 9.17) is 0 Å². The second-order valence-electron chi connectivity index (χ2n) is 5.18. The molecule has 0 atom stereocenters. The van der Waals surface area contributed by atoms with Crippen LogP contribution >= 0.6 is 0 Å². The number of amides is 1. The van der Waals surface area contributed by atoms with Crippen LogP contribution in [0.5, 0.6) is 0 Å². The summed E-state index contributed by atoms with van der Waals surface area (Å²) < 4.78 is 13.5. The van der Waals surface area contributed by atoms with Gasteiger partial charge in [-0.25, -0.2) is 4.39 Å². The van der Waals surface area contributed by atoms with Crippen molar-refractivity contribution in [1.82, 2.24) is 10.6 Å². The summed E-state index contributed by atoms with van der Waals surface area (Å²) in [5.41, 5.74) is 3.58. The fraction of sp³-hybridized carbons (Fsp3) is 0.235. The molecule has 0 aliphatic carbocycles. The lowest BCUT2D eigenvalue weighted by molar-refractivity contribution is 0.0950. The minimum atomic E-state index is -0.297. The molecule has 3 rings (SSSR count). The molecule has 0 saturated heterocycles. The molecule has 0 spiro atoms. The fourth-order valence-corrected chi connectivity index (χ4v) is 2.54. The van der Waals surface area contributed by atoms with Crippen LogP contribution in [-0.4, -0.2) is 12.5 Å². The predicted molar refractivity (Wildman–Crippen MR) is 79.4 cm³/mol. The highest BCUT2D eigenvalue weighted by atomic mass is 19.1. The summed E-state index contributed by atoms with van der Waals surface area (Å²) in [5.74, 6) is -0.464. The van der Waals surface area contributed by atoms with Crippen molar-refractivity contribution >= 4 is 5.91 Å². The molecule has 2 aromatic carbocycles. The Balaban J connectivity index is 1.69. The van der Waals surface area contributed by atoms with Gasteiger partial charge in [0.25, 0.3) is 5.91 Å². The van der Waals surface area contributed by atoms with E-state index in [1.165, 1.54) is 17.2 Å². The third kappa shape index (κ3) is 3.11. The third-order valence-corrected chi connectivity index (χ3v) is 3.75. The first-order chi connectivity index (χ1) is 10.2. The molecule has 1 aliphatic heterocycles. The van der Waals surface area contributed by atoms with Crippen molar-refractivity contribution in [3.63, 3.8) is 0 Å². The Morgan fingerprint density at radius 3 is 2.90 bits per heavy atom. The first kappa shape index (κ1) is 13.8. The molecule has 4 heteroatoms. The SMILES string of the molecule is O=C(NCc1ccccc1F)c1ccc2c(c1)CCNC2. The summed E-state index contributed by atoms with van der Waals surface area (Å²) >= 11 is 0. The zero-order chi connectivity index (χ0) is 14.7. The van der Waals surface area contributed by atoms with E-state index in [1.54, 1.807) is 18.2 Å². The molecular formula is C17H17FN2O. The summed E-state index contributed by atoms with van der Waals surface area (Å²) in [5, 5.41) is 6.07. The molecule has 3 nitrogen and oxygen atoms in total. The van der Waals surface area contributed by atoms with Crippen molar-refractivity contribution in [2.75, 3.05) is 6.54 Å². The van der Waals surface area contributed by atoms with E-state index in [2.05, 4.69) is 10.6 Å². The molecule has 0 saturated carbocycles. The third-order valence-electron chi connectivity index (χ3n) is 3.75. The van der Waals surface area contributed by atoms with Crippen LogP contribution in [0.2, 0.25) is 0 Å². The molecule has 0 fully saturated rings. The molecule has 0 radical (unpaired) electrons. The summed E-state index contributed by atoms with van der Waals surface area (Å²) in [7, 11) is 0. The van der Waals surface area contributed by atoms with Gasteiger partial charge in [0.05, 0.1) is 0 Å². The van der Waals surface area contributed by atoms with Gasteiger partial charge in [0.1, 0.15) is 5.82 Å². The maximum atomic E-state index is 13.5. The lowest BCUT2D eigenvalue weighted by atomic mass is 9.98. The molecule has 0 unspecified atom stereocenters. The molecule has 1 heterocycles. The minimum absolute atomic E-state index is 0.167. The van der Waals surface area contributed by atoms with Crippen LogP contribution in [0.15, 0.2) is 42.5 Å². The van der Waals surface area contributed by atoms with E-state index in [9.17, 15) is 9.18 Å². The highest BCUT2D eigenvalue weighted by molar-refractivity contribution is 5.94. The number of nitrogens with one attached hydrogen (secondary N) is 2. The van der Waals surface area contributed by atoms with Gasteiger partial charge in [0.2, 0.25) is 0 Å². The molecule has 0 aromatic heterocycles. The Hall–Kier alpha value is -2.20. The van der Waals surface area contributed by atoms with E-state index in [0.717, 1.165) is 19.5 Å². The molecule has 2 aromatic rings. The van der Waals surface area contributed by atoms with E-state index < -0.39 is 0 Å². The molecule has 1 amide bonds. The second kappa shape index (κ2) is 6.06. The number of halogens is 1. The first-order valence-corrected chi connectivity index (χ1v) is 7.08. The highest BCUT2D eigenvalue weighted by Crippen LogP contribution is 2.16. The normalized spacial score (nSPS) is 13.6. The van der Waals surface area contributed by atoms with Crippen LogP contribution < -0.4 is 10.6 Å². The summed E-state index contributed by atoms with van der Waals surface area (Å²) in [6.45, 7) is 1.99. The van der Waals surface area contributed by atoms with Crippen molar-refractivity contribution in [3.8, 4) is 0 Å². The average Bonchev–Trinajstić information content (AvgIpc) is 2.53. The topological polar surface area (TPSA) is 41.1 Å². The van der Waals surface area contributed by atoms with E-state index in [1.807, 2.05) is 18.2 Å². The zero-order valence-corrected chi connectivity index (χ0v) is 11.7. The number of carbonyl (C=O) groups excluding carboxylic acids is 1. The van der Waals surface area contributed by atoms with Crippen molar-refractivity contribution in [1.29, 1.82) is 0 Å². The maximum Gasteiger partial charge on any atom is 0.251 e. The lowest BCUT2D eigenvalue weighted by Gasteiger charge is -2.17. The van der Waals surface area contributed by atoms with Gasteiger partial charge in [-0.15, -0.1) is 0 Å². The summed E-state index contributed by atoms with van der Waals surface area (Å²) in [6.07, 6.45) is 0.934. The number of fused-ring (bicyclic) bond motifs is 1. The van der Waals surface area contributed by atoms with Gasteiger partial charge in [-0.1, -0.05) is 24.3 Å². The van der Waals surface area contributed by atoms with Crippen LogP contribution in [-0.2, 0) is 19.5 Å². The van der Waals surface area contributed by atoms with Gasteiger partial charge >= 0.3 is 0 Å². The second-order valence-corrected chi connectivity index (χ2v) is 5.18. The number of rotatable bonds is 3. The van der Waals surface area contributed by atoms with Crippen LogP contribution in [0.25, 0.3) is 0 Å². The van der Waals surface area contributed by atoms with Gasteiger partial charge in [-0.2, -0.15) is 0 Å². The predicted octanol–water partition coefficient (Wildman–Crippen LogP) is 2.40. The number of carbonyl (C=O) groups is 1. The molecule has 1 aliphatic rings. The average molecular weight is 284 g/mol. The number of hydrogen-bond donors (Lipinski definition) is 2. The Labute approximate surface area is 123 Å². The van der Waals surface area contributed by atoms with Crippen molar-refractivity contribution in [2.24, 2.45) is 0 Å². The van der Waals surface area contributed by atoms with Crippen LogP contribution in [0.3, 0.4) is 0 Å². The van der Waals surface area contributed by atoms with Crippen molar-refractivity contribution in [3.05, 3.63) is 70.5 Å². The van der Waals surface area contributed by atoms with E-state index in [-0.39, 0.29) is 18.3 Å². The van der Waals surface area contributed by atoms with Crippen LogP contribution in [0, 0.1) is 5.82 Å². The minimum Gasteiger partial charge on any atom is -0.348 e. The van der Waals surface area contributed by atoms with Crippen LogP contribution in [0.4, 0.5) is 4.39 Å². The van der Waals surface area contributed by atoms with Crippen LogP contribution in [0.1, 0.15) is 27.0 Å². The summed E-state index contributed by atoms with van der Waals surface area (Å²) in [6, 6.07) is 12.2.